The van der Waals surface area contributed by atoms with E-state index >= 15 is 0 Å². The minimum absolute atomic E-state index is 0.861. The molecule has 3 aromatic heterocycles. The standard InChI is InChI=1S/C42H25NO2S/c1-2-9-28(10-3-1)43(29-19-21-37-33(25-29)30-11-4-6-14-36(30)44-37)35-13-8-15-38-42(35)32-20-17-27(24-39(32)45-38)26-18-22-41-34(23-26)31-12-5-7-16-40(31)46-41/h1-25H. The zero-order valence-corrected chi connectivity index (χ0v) is 25.4. The van der Waals surface area contributed by atoms with Crippen LogP contribution in [-0.2, 0) is 0 Å². The van der Waals surface area contributed by atoms with E-state index in [1.807, 2.05) is 23.5 Å². The molecule has 0 amide bonds. The molecule has 0 aliphatic rings. The van der Waals surface area contributed by atoms with E-state index in [2.05, 4.69) is 144 Å². The summed E-state index contributed by atoms with van der Waals surface area (Å²) in [6.45, 7) is 0. The number of anilines is 3. The van der Waals surface area contributed by atoms with Crippen molar-refractivity contribution in [3.63, 3.8) is 0 Å². The molecule has 0 spiro atoms. The summed E-state index contributed by atoms with van der Waals surface area (Å²) in [7, 11) is 0. The second-order valence-electron chi connectivity index (χ2n) is 11.7. The van der Waals surface area contributed by atoms with Gasteiger partial charge in [-0.05, 0) is 90.0 Å². The number of nitrogens with zero attached hydrogens (tertiary/aromatic N) is 1. The van der Waals surface area contributed by atoms with E-state index in [0.717, 1.165) is 66.5 Å². The summed E-state index contributed by atoms with van der Waals surface area (Å²) in [6.07, 6.45) is 0. The first-order valence-corrected chi connectivity index (χ1v) is 16.2. The fourth-order valence-electron chi connectivity index (χ4n) is 6.94. The summed E-state index contributed by atoms with van der Waals surface area (Å²) >= 11 is 1.84. The maximum absolute atomic E-state index is 6.60. The van der Waals surface area contributed by atoms with Crippen molar-refractivity contribution in [3.05, 3.63) is 152 Å². The number of furan rings is 2. The van der Waals surface area contributed by atoms with Gasteiger partial charge >= 0.3 is 0 Å². The van der Waals surface area contributed by atoms with Gasteiger partial charge in [-0.25, -0.2) is 0 Å². The number of thiophene rings is 1. The fraction of sp³-hybridized carbons (Fsp3) is 0. The minimum atomic E-state index is 0.861. The second-order valence-corrected chi connectivity index (χ2v) is 12.8. The molecule has 3 heterocycles. The number of hydrogen-bond donors (Lipinski definition) is 0. The Morgan fingerprint density at radius 1 is 0.391 bits per heavy atom. The van der Waals surface area contributed by atoms with E-state index in [4.69, 9.17) is 8.83 Å². The Morgan fingerprint density at radius 2 is 1.11 bits per heavy atom. The zero-order chi connectivity index (χ0) is 30.2. The van der Waals surface area contributed by atoms with Gasteiger partial charge in [-0.15, -0.1) is 11.3 Å². The molecule has 4 heteroatoms. The van der Waals surface area contributed by atoms with Crippen LogP contribution in [0.5, 0.6) is 0 Å². The van der Waals surface area contributed by atoms with Gasteiger partial charge in [0, 0.05) is 47.7 Å². The van der Waals surface area contributed by atoms with Crippen LogP contribution in [-0.4, -0.2) is 0 Å². The highest BCUT2D eigenvalue weighted by Gasteiger charge is 2.21. The summed E-state index contributed by atoms with van der Waals surface area (Å²) in [5.41, 5.74) is 9.03. The molecule has 3 nitrogen and oxygen atoms in total. The lowest BCUT2D eigenvalue weighted by Crippen LogP contribution is -2.10. The van der Waals surface area contributed by atoms with Crippen LogP contribution < -0.4 is 4.90 Å². The zero-order valence-electron chi connectivity index (χ0n) is 24.6. The van der Waals surface area contributed by atoms with Gasteiger partial charge in [0.05, 0.1) is 11.1 Å². The molecule has 0 bridgehead atoms. The van der Waals surface area contributed by atoms with Crippen LogP contribution in [0.2, 0.25) is 0 Å². The Morgan fingerprint density at radius 3 is 2.04 bits per heavy atom. The van der Waals surface area contributed by atoms with Gasteiger partial charge in [0.25, 0.3) is 0 Å². The molecule has 0 radical (unpaired) electrons. The maximum atomic E-state index is 6.60. The summed E-state index contributed by atoms with van der Waals surface area (Å²) in [6, 6.07) is 53.6. The molecule has 0 aliphatic carbocycles. The van der Waals surface area contributed by atoms with Gasteiger partial charge in [0.1, 0.15) is 22.3 Å². The van der Waals surface area contributed by atoms with Crippen molar-refractivity contribution in [2.75, 3.05) is 4.90 Å². The average molecular weight is 608 g/mol. The first-order valence-electron chi connectivity index (χ1n) is 15.4. The van der Waals surface area contributed by atoms with Crippen molar-refractivity contribution >= 4 is 92.4 Å². The smallest absolute Gasteiger partial charge is 0.137 e. The molecular weight excluding hydrogens is 583 g/mol. The maximum Gasteiger partial charge on any atom is 0.137 e. The van der Waals surface area contributed by atoms with Crippen molar-refractivity contribution in [1.29, 1.82) is 0 Å². The minimum Gasteiger partial charge on any atom is -0.456 e. The molecule has 0 aliphatic heterocycles. The SMILES string of the molecule is c1ccc(N(c2ccc3oc4ccccc4c3c2)c2cccc3oc4cc(-c5ccc6sc7ccccc7c6c5)ccc4c23)cc1. The van der Waals surface area contributed by atoms with Gasteiger partial charge in [-0.2, -0.15) is 0 Å². The molecule has 10 aromatic rings. The molecule has 0 N–H and O–H groups in total. The number of hydrogen-bond acceptors (Lipinski definition) is 4. The van der Waals surface area contributed by atoms with E-state index in [1.54, 1.807) is 0 Å². The number of benzene rings is 7. The summed E-state index contributed by atoms with van der Waals surface area (Å²) < 4.78 is 15.4. The summed E-state index contributed by atoms with van der Waals surface area (Å²) in [5.74, 6) is 0. The third-order valence-electron chi connectivity index (χ3n) is 9.06. The third kappa shape index (κ3) is 3.84. The van der Waals surface area contributed by atoms with E-state index in [-0.39, 0.29) is 0 Å². The molecule has 0 fully saturated rings. The lowest BCUT2D eigenvalue weighted by molar-refractivity contribution is 0.668. The Labute approximate surface area is 268 Å². The highest BCUT2D eigenvalue weighted by molar-refractivity contribution is 7.25. The van der Waals surface area contributed by atoms with Crippen molar-refractivity contribution in [1.82, 2.24) is 0 Å². The Hall–Kier alpha value is -5.84. The van der Waals surface area contributed by atoms with Crippen LogP contribution in [0.4, 0.5) is 17.1 Å². The molecule has 0 atom stereocenters. The van der Waals surface area contributed by atoms with Crippen LogP contribution >= 0.6 is 11.3 Å². The second kappa shape index (κ2) is 9.83. The Balaban J connectivity index is 1.16. The first-order chi connectivity index (χ1) is 22.8. The normalized spacial score (nSPS) is 11.9. The van der Waals surface area contributed by atoms with Gasteiger partial charge in [-0.3, -0.25) is 0 Å². The molecule has 46 heavy (non-hydrogen) atoms. The van der Waals surface area contributed by atoms with E-state index in [9.17, 15) is 0 Å². The topological polar surface area (TPSA) is 29.5 Å². The number of rotatable bonds is 4. The predicted molar refractivity (Wildman–Crippen MR) is 194 cm³/mol. The lowest BCUT2D eigenvalue weighted by atomic mass is 10.0. The molecule has 216 valence electrons. The van der Waals surface area contributed by atoms with Crippen molar-refractivity contribution in [2.45, 2.75) is 0 Å². The van der Waals surface area contributed by atoms with Crippen LogP contribution in [0.15, 0.2) is 160 Å². The number of para-hydroxylation sites is 2. The van der Waals surface area contributed by atoms with Crippen LogP contribution in [0.25, 0.3) is 75.2 Å². The fourth-order valence-corrected chi connectivity index (χ4v) is 8.02. The van der Waals surface area contributed by atoms with Gasteiger partial charge in [-0.1, -0.05) is 72.8 Å². The first kappa shape index (κ1) is 25.5. The van der Waals surface area contributed by atoms with Crippen molar-refractivity contribution < 1.29 is 8.83 Å². The van der Waals surface area contributed by atoms with Crippen molar-refractivity contribution in [2.24, 2.45) is 0 Å². The quantitative estimate of drug-likeness (QED) is 0.199. The van der Waals surface area contributed by atoms with E-state index < -0.39 is 0 Å². The summed E-state index contributed by atoms with van der Waals surface area (Å²) in [5, 5.41) is 6.99. The lowest BCUT2D eigenvalue weighted by Gasteiger charge is -2.26. The van der Waals surface area contributed by atoms with E-state index in [1.165, 1.54) is 25.7 Å². The molecule has 0 saturated heterocycles. The van der Waals surface area contributed by atoms with Crippen LogP contribution in [0, 0.1) is 0 Å². The van der Waals surface area contributed by atoms with Crippen molar-refractivity contribution in [3.8, 4) is 11.1 Å². The Bertz CT molecular complexity index is 2770. The van der Waals surface area contributed by atoms with Crippen LogP contribution in [0.1, 0.15) is 0 Å². The monoisotopic (exact) mass is 607 g/mol. The van der Waals surface area contributed by atoms with Gasteiger partial charge in [0.2, 0.25) is 0 Å². The van der Waals surface area contributed by atoms with E-state index in [0.29, 0.717) is 0 Å². The average Bonchev–Trinajstić information content (AvgIpc) is 3.79. The van der Waals surface area contributed by atoms with Gasteiger partial charge < -0.3 is 13.7 Å². The summed E-state index contributed by atoms with van der Waals surface area (Å²) in [4.78, 5) is 2.32. The molecule has 10 rings (SSSR count). The third-order valence-corrected chi connectivity index (χ3v) is 10.2. The highest BCUT2D eigenvalue weighted by atomic mass is 32.1. The largest absolute Gasteiger partial charge is 0.456 e. The Kier molecular flexibility index (Phi) is 5.45. The molecule has 0 saturated carbocycles. The molecular formula is C42H25NO2S. The number of fused-ring (bicyclic) bond motifs is 9. The predicted octanol–water partition coefficient (Wildman–Crippen LogP) is 13.0. The van der Waals surface area contributed by atoms with Gasteiger partial charge in [0.15, 0.2) is 0 Å². The molecule has 7 aromatic carbocycles. The highest BCUT2D eigenvalue weighted by Crippen LogP contribution is 2.45. The van der Waals surface area contributed by atoms with Crippen LogP contribution in [0.3, 0.4) is 0 Å². The molecule has 0 unspecified atom stereocenters.